The van der Waals surface area contributed by atoms with E-state index >= 15 is 0 Å². The van der Waals surface area contributed by atoms with E-state index in [0.29, 0.717) is 0 Å². The quantitative estimate of drug-likeness (QED) is 0.267. The summed E-state index contributed by atoms with van der Waals surface area (Å²) in [6, 6.07) is 25.9. The smallest absolute Gasteiger partial charge is 0.336 e. The van der Waals surface area contributed by atoms with Crippen molar-refractivity contribution in [3.8, 4) is 11.4 Å². The Balaban J connectivity index is 1.74. The lowest BCUT2D eigenvalue weighted by atomic mass is 10.0. The first-order valence-electron chi connectivity index (χ1n) is 9.51. The zero-order chi connectivity index (χ0) is 18.8. The van der Waals surface area contributed by atoms with Crippen LogP contribution in [0.15, 0.2) is 83.4 Å². The molecule has 0 saturated heterocycles. The minimum absolute atomic E-state index is 0.857. The Labute approximate surface area is 162 Å². The highest BCUT2D eigenvalue weighted by Gasteiger charge is 2.25. The fourth-order valence-corrected chi connectivity index (χ4v) is 4.31. The predicted octanol–water partition coefficient (Wildman–Crippen LogP) is 5.79. The lowest BCUT2D eigenvalue weighted by Gasteiger charge is -2.03. The van der Waals surface area contributed by atoms with E-state index in [-0.39, 0.29) is 0 Å². The van der Waals surface area contributed by atoms with Crippen LogP contribution in [0.2, 0.25) is 0 Å². The molecule has 0 N–H and O–H groups in total. The van der Waals surface area contributed by atoms with Crippen LogP contribution in [-0.2, 0) is 7.05 Å². The number of rotatable bonds is 1. The number of hydrogen-bond acceptors (Lipinski definition) is 1. The van der Waals surface area contributed by atoms with E-state index in [4.69, 9.17) is 4.42 Å². The van der Waals surface area contributed by atoms with E-state index in [2.05, 4.69) is 102 Å². The molecule has 0 aliphatic rings. The van der Waals surface area contributed by atoms with Gasteiger partial charge in [-0.1, -0.05) is 42.5 Å². The topological polar surface area (TPSA) is 21.4 Å². The molecule has 2 heterocycles. The zero-order valence-corrected chi connectivity index (χ0v) is 15.8. The molecule has 6 aromatic rings. The average Bonchev–Trinajstić information content (AvgIpc) is 3.19. The van der Waals surface area contributed by atoms with Gasteiger partial charge in [0, 0.05) is 0 Å². The summed E-state index contributed by atoms with van der Waals surface area (Å²) in [4.78, 5) is 0. The van der Waals surface area contributed by atoms with Crippen molar-refractivity contribution in [3.63, 3.8) is 0 Å². The van der Waals surface area contributed by atoms with Gasteiger partial charge < -0.3 is 4.42 Å². The Bertz CT molecular complexity index is 1530. The lowest BCUT2D eigenvalue weighted by Crippen LogP contribution is -2.28. The second kappa shape index (κ2) is 5.46. The molecule has 2 aromatic heterocycles. The Morgan fingerprint density at radius 1 is 0.786 bits per heavy atom. The summed E-state index contributed by atoms with van der Waals surface area (Å²) >= 11 is 0. The first kappa shape index (κ1) is 15.5. The molecule has 0 amide bonds. The summed E-state index contributed by atoms with van der Waals surface area (Å²) in [7, 11) is 2.07. The monoisotopic (exact) mass is 363 g/mol. The van der Waals surface area contributed by atoms with Crippen LogP contribution in [0, 0.1) is 6.92 Å². The molecule has 0 saturated carbocycles. The third-order valence-corrected chi connectivity index (χ3v) is 5.69. The van der Waals surface area contributed by atoms with Crippen molar-refractivity contribution in [2.75, 3.05) is 0 Å². The van der Waals surface area contributed by atoms with E-state index in [1.54, 1.807) is 0 Å². The van der Waals surface area contributed by atoms with Crippen LogP contribution in [0.4, 0.5) is 0 Å². The summed E-state index contributed by atoms with van der Waals surface area (Å²) in [5.74, 6) is 1.13. The number of aryl methyl sites for hydroxylation is 2. The molecule has 6 rings (SSSR count). The van der Waals surface area contributed by atoms with Crippen molar-refractivity contribution >= 4 is 38.4 Å². The predicted molar refractivity (Wildman–Crippen MR) is 114 cm³/mol. The van der Waals surface area contributed by atoms with Gasteiger partial charge in [-0.15, -0.1) is 0 Å². The van der Waals surface area contributed by atoms with Crippen molar-refractivity contribution in [2.45, 2.75) is 6.92 Å². The van der Waals surface area contributed by atoms with E-state index in [0.717, 1.165) is 22.6 Å². The Kier molecular flexibility index (Phi) is 3.01. The molecule has 0 radical (unpaired) electrons. The van der Waals surface area contributed by atoms with Gasteiger partial charge in [0.2, 0.25) is 0 Å². The second-order valence-electron chi connectivity index (χ2n) is 7.52. The SMILES string of the molecule is Cc1ccccc1-c1n2c(c[n+]1C)oc1cc3cc4ccccc4cc3cc12. The Morgan fingerprint density at radius 3 is 2.21 bits per heavy atom. The Morgan fingerprint density at radius 2 is 1.46 bits per heavy atom. The standard InChI is InChI=1S/C25H19N2O/c1-16-7-3-6-10-21(16)25-26(2)15-24-27(25)22-13-19-11-17-8-4-5-9-18(17)12-20(19)14-23(22)28-24/h3-15H,1-2H3/q+1. The van der Waals surface area contributed by atoms with Crippen LogP contribution >= 0.6 is 0 Å². The third-order valence-electron chi connectivity index (χ3n) is 5.69. The first-order chi connectivity index (χ1) is 13.7. The largest absolute Gasteiger partial charge is 0.416 e. The van der Waals surface area contributed by atoms with Gasteiger partial charge in [0.05, 0.1) is 12.6 Å². The highest BCUT2D eigenvalue weighted by molar-refractivity contribution is 6.03. The summed E-state index contributed by atoms with van der Waals surface area (Å²) in [5, 5.41) is 4.93. The number of imidazole rings is 1. The molecule has 0 aliphatic heterocycles. The average molecular weight is 363 g/mol. The summed E-state index contributed by atoms with van der Waals surface area (Å²) < 4.78 is 10.6. The van der Waals surface area contributed by atoms with Crippen LogP contribution in [0.25, 0.3) is 49.7 Å². The van der Waals surface area contributed by atoms with Gasteiger partial charge in [0.1, 0.15) is 0 Å². The number of benzene rings is 4. The van der Waals surface area contributed by atoms with Crippen molar-refractivity contribution in [1.82, 2.24) is 4.40 Å². The number of nitrogens with zero attached hydrogens (tertiary/aromatic N) is 2. The van der Waals surface area contributed by atoms with Gasteiger partial charge in [-0.25, -0.2) is 4.57 Å². The van der Waals surface area contributed by atoms with E-state index < -0.39 is 0 Å². The molecule has 0 bridgehead atoms. The molecule has 3 nitrogen and oxygen atoms in total. The molecular weight excluding hydrogens is 344 g/mol. The van der Waals surface area contributed by atoms with Gasteiger partial charge >= 0.3 is 5.71 Å². The van der Waals surface area contributed by atoms with Gasteiger partial charge in [0.15, 0.2) is 17.3 Å². The highest BCUT2D eigenvalue weighted by atomic mass is 16.3. The lowest BCUT2D eigenvalue weighted by molar-refractivity contribution is -0.658. The number of hydrogen-bond donors (Lipinski definition) is 0. The molecule has 4 aromatic carbocycles. The summed E-state index contributed by atoms with van der Waals surface area (Å²) in [6.45, 7) is 2.15. The van der Waals surface area contributed by atoms with Crippen molar-refractivity contribution < 1.29 is 8.98 Å². The van der Waals surface area contributed by atoms with Crippen LogP contribution in [0.3, 0.4) is 0 Å². The second-order valence-corrected chi connectivity index (χ2v) is 7.52. The molecule has 0 fully saturated rings. The minimum Gasteiger partial charge on any atom is -0.416 e. The van der Waals surface area contributed by atoms with Crippen LogP contribution in [0.5, 0.6) is 0 Å². The van der Waals surface area contributed by atoms with Crippen LogP contribution < -0.4 is 4.57 Å². The molecule has 0 spiro atoms. The first-order valence-corrected chi connectivity index (χ1v) is 9.51. The maximum absolute atomic E-state index is 6.24. The van der Waals surface area contributed by atoms with Crippen molar-refractivity contribution in [3.05, 3.63) is 84.6 Å². The van der Waals surface area contributed by atoms with Crippen LogP contribution in [0.1, 0.15) is 5.56 Å². The fourth-order valence-electron chi connectivity index (χ4n) is 4.31. The van der Waals surface area contributed by atoms with Gasteiger partial charge in [-0.3, -0.25) is 0 Å². The molecule has 0 atom stereocenters. The normalized spacial score (nSPS) is 11.9. The maximum Gasteiger partial charge on any atom is 0.336 e. The molecule has 0 aliphatic carbocycles. The molecule has 0 unspecified atom stereocenters. The summed E-state index contributed by atoms with van der Waals surface area (Å²) in [5.41, 5.74) is 5.33. The fraction of sp³-hybridized carbons (Fsp3) is 0.0800. The van der Waals surface area contributed by atoms with Crippen LogP contribution in [-0.4, -0.2) is 4.40 Å². The molecule has 134 valence electrons. The van der Waals surface area contributed by atoms with Gasteiger partial charge in [-0.2, -0.15) is 4.40 Å². The van der Waals surface area contributed by atoms with Gasteiger partial charge in [-0.05, 0) is 64.4 Å². The van der Waals surface area contributed by atoms with Crippen molar-refractivity contribution in [2.24, 2.45) is 7.05 Å². The number of aromatic nitrogens is 2. The number of oxazole rings is 1. The van der Waals surface area contributed by atoms with Crippen molar-refractivity contribution in [1.29, 1.82) is 0 Å². The molecular formula is C25H19N2O+. The molecule has 3 heteroatoms. The van der Waals surface area contributed by atoms with E-state index in [1.165, 1.54) is 32.7 Å². The maximum atomic E-state index is 6.24. The number of fused-ring (bicyclic) bond motifs is 5. The summed E-state index contributed by atoms with van der Waals surface area (Å²) in [6.07, 6.45) is 2.06. The zero-order valence-electron chi connectivity index (χ0n) is 15.8. The third kappa shape index (κ3) is 2.07. The minimum atomic E-state index is 0.857. The Hall–Kier alpha value is -3.59. The van der Waals surface area contributed by atoms with Gasteiger partial charge in [0.25, 0.3) is 5.82 Å². The highest BCUT2D eigenvalue weighted by Crippen LogP contribution is 2.32. The van der Waals surface area contributed by atoms with E-state index in [1.807, 2.05) is 0 Å². The van der Waals surface area contributed by atoms with E-state index in [9.17, 15) is 0 Å². The molecule has 28 heavy (non-hydrogen) atoms.